The van der Waals surface area contributed by atoms with Crippen LogP contribution in [-0.2, 0) is 11.1 Å². The monoisotopic (exact) mass is 313 g/mol. The highest BCUT2D eigenvalue weighted by molar-refractivity contribution is 7.51. The predicted octanol–water partition coefficient (Wildman–Crippen LogP) is 0.734. The van der Waals surface area contributed by atoms with E-state index in [2.05, 4.69) is 34.7 Å². The highest BCUT2D eigenvalue weighted by Crippen LogP contribution is 2.31. The van der Waals surface area contributed by atoms with E-state index in [1.54, 1.807) is 0 Å². The number of benzene rings is 1. The summed E-state index contributed by atoms with van der Waals surface area (Å²) in [5.74, 6) is 0. The molecule has 7 heteroatoms. The lowest BCUT2D eigenvalue weighted by Crippen LogP contribution is -2.32. The second-order valence-corrected chi connectivity index (χ2v) is 6.34. The normalized spacial score (nSPS) is 11.5. The van der Waals surface area contributed by atoms with E-state index in [1.165, 1.54) is 5.56 Å². The van der Waals surface area contributed by atoms with E-state index in [9.17, 15) is 4.57 Å². The van der Waals surface area contributed by atoms with Crippen molar-refractivity contribution in [3.05, 3.63) is 42.0 Å². The highest BCUT2D eigenvalue weighted by atomic mass is 31.2. The highest BCUT2D eigenvalue weighted by Gasteiger charge is 2.10. The molecule has 1 aromatic carbocycles. The largest absolute Gasteiger partial charge is 0.339 e. The number of nitrogens with one attached hydrogen (secondary N) is 3. The van der Waals surface area contributed by atoms with Gasteiger partial charge in [0.15, 0.2) is 0 Å². The van der Waals surface area contributed by atoms with Crippen LogP contribution in [0.25, 0.3) is 6.08 Å². The lowest BCUT2D eigenvalue weighted by atomic mass is 10.1. The van der Waals surface area contributed by atoms with Crippen LogP contribution >= 0.6 is 7.60 Å². The summed E-state index contributed by atoms with van der Waals surface area (Å²) < 4.78 is 10.6. The van der Waals surface area contributed by atoms with Crippen LogP contribution in [0.4, 0.5) is 0 Å². The van der Waals surface area contributed by atoms with E-state index in [0.29, 0.717) is 13.1 Å². The zero-order chi connectivity index (χ0) is 15.6. The molecular formula is C14H24N3O3P. The molecule has 5 N–H and O–H groups in total. The fourth-order valence-electron chi connectivity index (χ4n) is 1.71. The fraction of sp³-hybridized carbons (Fsp3) is 0.429. The van der Waals surface area contributed by atoms with E-state index in [1.807, 2.05) is 18.2 Å². The van der Waals surface area contributed by atoms with E-state index in [-0.39, 0.29) is 6.29 Å². The van der Waals surface area contributed by atoms with Gasteiger partial charge in [-0.05, 0) is 11.1 Å². The summed E-state index contributed by atoms with van der Waals surface area (Å²) in [6.07, 6.45) is 1.55. The summed E-state index contributed by atoms with van der Waals surface area (Å²) in [4.78, 5) is 17.3. The van der Waals surface area contributed by atoms with Gasteiger partial charge in [-0.1, -0.05) is 36.9 Å². The van der Waals surface area contributed by atoms with Crippen molar-refractivity contribution < 1.29 is 14.4 Å². The first kappa shape index (κ1) is 18.0. The number of rotatable bonds is 11. The van der Waals surface area contributed by atoms with Gasteiger partial charge in [0.2, 0.25) is 0 Å². The molecular weight excluding hydrogens is 289 g/mol. The van der Waals surface area contributed by atoms with Crippen molar-refractivity contribution in [3.63, 3.8) is 0 Å². The Bertz CT molecular complexity index is 459. The van der Waals surface area contributed by atoms with Crippen molar-refractivity contribution in [2.45, 2.75) is 6.54 Å². The molecule has 1 rings (SSSR count). The molecule has 118 valence electrons. The molecule has 0 saturated heterocycles. The summed E-state index contributed by atoms with van der Waals surface area (Å²) >= 11 is 0. The molecule has 0 saturated carbocycles. The number of hydrogen-bond acceptors (Lipinski definition) is 4. The third-order valence-corrected chi connectivity index (χ3v) is 3.45. The van der Waals surface area contributed by atoms with Crippen LogP contribution in [0.5, 0.6) is 0 Å². The summed E-state index contributed by atoms with van der Waals surface area (Å²) in [7, 11) is -3.93. The smallest absolute Gasteiger partial charge is 0.324 e. The van der Waals surface area contributed by atoms with Crippen molar-refractivity contribution >= 4 is 13.7 Å². The van der Waals surface area contributed by atoms with E-state index < -0.39 is 7.60 Å². The number of hydrogen-bond donors (Lipinski definition) is 5. The summed E-state index contributed by atoms with van der Waals surface area (Å²) in [6.45, 7) is 7.39. The summed E-state index contributed by atoms with van der Waals surface area (Å²) in [5.41, 5.74) is 2.34. The molecule has 0 unspecified atom stereocenters. The average molecular weight is 313 g/mol. The molecule has 0 amide bonds. The molecule has 6 nitrogen and oxygen atoms in total. The minimum absolute atomic E-state index is 0.270. The van der Waals surface area contributed by atoms with Crippen LogP contribution in [0.15, 0.2) is 30.8 Å². The van der Waals surface area contributed by atoms with Crippen molar-refractivity contribution in [2.75, 3.05) is 32.5 Å². The standard InChI is InChI=1S/C14H24N3O3P/c1-2-13-3-5-14(6-4-13)11-16-9-7-15-8-10-17-12-21(18,19)20/h2-6,15-17H,1,7-12H2,(H2,18,19,20). The molecule has 21 heavy (non-hydrogen) atoms. The third kappa shape index (κ3) is 9.52. The maximum atomic E-state index is 10.6. The molecule has 0 fully saturated rings. The van der Waals surface area contributed by atoms with Gasteiger partial charge in [0.05, 0.1) is 6.29 Å². The Balaban J connectivity index is 1.97. The van der Waals surface area contributed by atoms with Gasteiger partial charge in [0.1, 0.15) is 0 Å². The first-order valence-electron chi connectivity index (χ1n) is 6.89. The molecule has 0 aliphatic rings. The van der Waals surface area contributed by atoms with E-state index in [4.69, 9.17) is 9.79 Å². The van der Waals surface area contributed by atoms with Crippen molar-refractivity contribution in [1.82, 2.24) is 16.0 Å². The lowest BCUT2D eigenvalue weighted by molar-refractivity contribution is 0.368. The second kappa shape index (κ2) is 9.84. The zero-order valence-corrected chi connectivity index (χ0v) is 13.0. The van der Waals surface area contributed by atoms with E-state index in [0.717, 1.165) is 25.2 Å². The minimum Gasteiger partial charge on any atom is -0.324 e. The predicted molar refractivity (Wildman–Crippen MR) is 86.0 cm³/mol. The second-order valence-electron chi connectivity index (χ2n) is 4.70. The molecule has 0 heterocycles. The van der Waals surface area contributed by atoms with Crippen LogP contribution in [0.3, 0.4) is 0 Å². The Morgan fingerprint density at radius 2 is 1.57 bits per heavy atom. The van der Waals surface area contributed by atoms with Crippen molar-refractivity contribution in [3.8, 4) is 0 Å². The molecule has 0 aliphatic carbocycles. The average Bonchev–Trinajstić information content (AvgIpc) is 2.45. The molecule has 0 aromatic heterocycles. The van der Waals surface area contributed by atoms with Gasteiger partial charge in [0, 0.05) is 32.7 Å². The maximum absolute atomic E-state index is 10.6. The molecule has 0 aliphatic heterocycles. The molecule has 0 spiro atoms. The topological polar surface area (TPSA) is 93.6 Å². The van der Waals surface area contributed by atoms with Crippen LogP contribution in [0, 0.1) is 0 Å². The summed E-state index contributed by atoms with van der Waals surface area (Å²) in [5, 5.41) is 9.20. The third-order valence-electron chi connectivity index (χ3n) is 2.82. The zero-order valence-electron chi connectivity index (χ0n) is 12.1. The lowest BCUT2D eigenvalue weighted by Gasteiger charge is -2.08. The van der Waals surface area contributed by atoms with Crippen LogP contribution < -0.4 is 16.0 Å². The Morgan fingerprint density at radius 3 is 2.14 bits per heavy atom. The minimum atomic E-state index is -3.93. The quantitative estimate of drug-likeness (QED) is 0.305. The van der Waals surface area contributed by atoms with Gasteiger partial charge in [-0.3, -0.25) is 4.57 Å². The molecule has 1 aromatic rings. The SMILES string of the molecule is C=Cc1ccc(CNCCNCCNCP(=O)(O)O)cc1. The van der Waals surface area contributed by atoms with Crippen LogP contribution in [0.2, 0.25) is 0 Å². The van der Waals surface area contributed by atoms with Gasteiger partial charge in [-0.15, -0.1) is 0 Å². The molecule has 0 radical (unpaired) electrons. The van der Waals surface area contributed by atoms with Crippen molar-refractivity contribution in [2.24, 2.45) is 0 Å². The van der Waals surface area contributed by atoms with E-state index >= 15 is 0 Å². The van der Waals surface area contributed by atoms with Gasteiger partial charge in [-0.25, -0.2) is 0 Å². The van der Waals surface area contributed by atoms with Crippen molar-refractivity contribution in [1.29, 1.82) is 0 Å². The maximum Gasteiger partial charge on any atom is 0.339 e. The van der Waals surface area contributed by atoms with Gasteiger partial charge < -0.3 is 25.7 Å². The van der Waals surface area contributed by atoms with Gasteiger partial charge in [-0.2, -0.15) is 0 Å². The Hall–Kier alpha value is -1.01. The Morgan fingerprint density at radius 1 is 1.00 bits per heavy atom. The fourth-order valence-corrected chi connectivity index (χ4v) is 2.16. The Kier molecular flexibility index (Phi) is 8.45. The molecule has 0 bridgehead atoms. The Labute approximate surface area is 125 Å². The van der Waals surface area contributed by atoms with Crippen LogP contribution in [0.1, 0.15) is 11.1 Å². The van der Waals surface area contributed by atoms with Crippen LogP contribution in [-0.4, -0.2) is 42.3 Å². The summed E-state index contributed by atoms with van der Waals surface area (Å²) in [6, 6.07) is 8.22. The van der Waals surface area contributed by atoms with Gasteiger partial charge in [0.25, 0.3) is 0 Å². The van der Waals surface area contributed by atoms with Gasteiger partial charge >= 0.3 is 7.60 Å². The molecule has 0 atom stereocenters. The first-order chi connectivity index (χ1) is 10.0. The first-order valence-corrected chi connectivity index (χ1v) is 8.69.